The number of carbonyl (C=O) groups is 1. The van der Waals surface area contributed by atoms with Crippen molar-refractivity contribution >= 4 is 6.29 Å². The second kappa shape index (κ2) is 5.21. The van der Waals surface area contributed by atoms with Gasteiger partial charge in [0.1, 0.15) is 6.29 Å². The second-order valence-electron chi connectivity index (χ2n) is 3.13. The fourth-order valence-electron chi connectivity index (χ4n) is 1.06. The van der Waals surface area contributed by atoms with E-state index in [-0.39, 0.29) is 0 Å². The molecule has 0 aromatic rings. The van der Waals surface area contributed by atoms with Crippen LogP contribution in [0.3, 0.4) is 0 Å². The van der Waals surface area contributed by atoms with Gasteiger partial charge in [0.15, 0.2) is 0 Å². The molecule has 0 bridgehead atoms. The van der Waals surface area contributed by atoms with E-state index in [4.69, 9.17) is 0 Å². The van der Waals surface area contributed by atoms with E-state index in [1.807, 2.05) is 6.08 Å². The first-order valence-corrected chi connectivity index (χ1v) is 3.78. The van der Waals surface area contributed by atoms with Gasteiger partial charge in [-0.05, 0) is 24.3 Å². The van der Waals surface area contributed by atoms with Crippen molar-refractivity contribution in [1.29, 1.82) is 0 Å². The fourth-order valence-corrected chi connectivity index (χ4v) is 1.06. The Kier molecular flexibility index (Phi) is 4.91. The highest BCUT2D eigenvalue weighted by molar-refractivity contribution is 5.64. The first-order valence-electron chi connectivity index (χ1n) is 3.78. The summed E-state index contributed by atoms with van der Waals surface area (Å²) in [6, 6.07) is 0. The van der Waals surface area contributed by atoms with Crippen LogP contribution in [0, 0.1) is 11.8 Å². The van der Waals surface area contributed by atoms with Gasteiger partial charge in [0.2, 0.25) is 0 Å². The predicted molar refractivity (Wildman–Crippen MR) is 43.8 cm³/mol. The maximum absolute atomic E-state index is 9.91. The van der Waals surface area contributed by atoms with Crippen molar-refractivity contribution in [2.24, 2.45) is 11.8 Å². The van der Waals surface area contributed by atoms with E-state index in [0.29, 0.717) is 11.8 Å². The summed E-state index contributed by atoms with van der Waals surface area (Å²) in [5, 5.41) is 0. The van der Waals surface area contributed by atoms with E-state index in [0.717, 1.165) is 12.7 Å². The van der Waals surface area contributed by atoms with Crippen molar-refractivity contribution in [3.63, 3.8) is 0 Å². The van der Waals surface area contributed by atoms with Crippen molar-refractivity contribution < 1.29 is 4.79 Å². The number of hydrogen-bond acceptors (Lipinski definition) is 1. The minimum absolute atomic E-state index is 0.533. The highest BCUT2D eigenvalue weighted by Gasteiger charge is 1.99. The molecule has 0 rings (SSSR count). The van der Waals surface area contributed by atoms with E-state index in [9.17, 15) is 4.79 Å². The molecule has 0 heterocycles. The Morgan fingerprint density at radius 3 is 2.30 bits per heavy atom. The molecule has 0 aromatic heterocycles. The molecule has 0 saturated carbocycles. The lowest BCUT2D eigenvalue weighted by Crippen LogP contribution is -1.95. The van der Waals surface area contributed by atoms with Gasteiger partial charge in [-0.2, -0.15) is 0 Å². The molecule has 0 amide bonds. The highest BCUT2D eigenvalue weighted by atomic mass is 16.1. The molecule has 0 aromatic carbocycles. The third-order valence-corrected chi connectivity index (χ3v) is 1.36. The average Bonchev–Trinajstić information content (AvgIpc) is 1.82. The van der Waals surface area contributed by atoms with Gasteiger partial charge in [0, 0.05) is 0 Å². The summed E-state index contributed by atoms with van der Waals surface area (Å²) in [6.45, 7) is 6.50. The minimum Gasteiger partial charge on any atom is -0.299 e. The number of aldehydes is 1. The van der Waals surface area contributed by atoms with E-state index < -0.39 is 0 Å². The number of allylic oxidation sites excluding steroid dienone is 2. The van der Waals surface area contributed by atoms with Gasteiger partial charge >= 0.3 is 0 Å². The molecule has 58 valence electrons. The standard InChI is InChI=1S/C9H16O/c1-8(2)7-9(3)5-4-6-10/h4-6,8-9H,7H2,1-3H3/b5-4+. The van der Waals surface area contributed by atoms with Crippen molar-refractivity contribution in [2.75, 3.05) is 0 Å². The normalized spacial score (nSPS) is 14.4. The van der Waals surface area contributed by atoms with Crippen LogP contribution in [-0.4, -0.2) is 6.29 Å². The first-order chi connectivity index (χ1) is 4.66. The van der Waals surface area contributed by atoms with Gasteiger partial charge in [0.25, 0.3) is 0 Å². The van der Waals surface area contributed by atoms with Gasteiger partial charge in [-0.25, -0.2) is 0 Å². The van der Waals surface area contributed by atoms with E-state index >= 15 is 0 Å². The molecule has 1 heteroatoms. The summed E-state index contributed by atoms with van der Waals surface area (Å²) in [5.74, 6) is 1.25. The van der Waals surface area contributed by atoms with Gasteiger partial charge in [-0.3, -0.25) is 4.79 Å². The minimum atomic E-state index is 0.533. The van der Waals surface area contributed by atoms with Crippen molar-refractivity contribution in [3.05, 3.63) is 12.2 Å². The lowest BCUT2D eigenvalue weighted by Gasteiger charge is -2.07. The summed E-state index contributed by atoms with van der Waals surface area (Å²) < 4.78 is 0. The molecule has 10 heavy (non-hydrogen) atoms. The molecule has 1 nitrogen and oxygen atoms in total. The topological polar surface area (TPSA) is 17.1 Å². The van der Waals surface area contributed by atoms with Gasteiger partial charge in [-0.15, -0.1) is 0 Å². The van der Waals surface area contributed by atoms with E-state index in [1.165, 1.54) is 0 Å². The molecule has 0 N–H and O–H groups in total. The summed E-state index contributed by atoms with van der Waals surface area (Å²) in [6.07, 6.45) is 5.52. The molecular weight excluding hydrogens is 124 g/mol. The summed E-state index contributed by atoms with van der Waals surface area (Å²) >= 11 is 0. The number of carbonyl (C=O) groups excluding carboxylic acids is 1. The highest BCUT2D eigenvalue weighted by Crippen LogP contribution is 2.11. The smallest absolute Gasteiger partial charge is 0.142 e. The molecule has 0 saturated heterocycles. The Bertz CT molecular complexity index is 114. The average molecular weight is 140 g/mol. The Labute approximate surface area is 63.1 Å². The second-order valence-corrected chi connectivity index (χ2v) is 3.13. The van der Waals surface area contributed by atoms with Gasteiger partial charge < -0.3 is 0 Å². The Balaban J connectivity index is 3.52. The van der Waals surface area contributed by atoms with Crippen LogP contribution < -0.4 is 0 Å². The molecule has 0 aliphatic rings. The zero-order valence-electron chi connectivity index (χ0n) is 7.00. The van der Waals surface area contributed by atoms with Crippen LogP contribution in [-0.2, 0) is 4.79 Å². The van der Waals surface area contributed by atoms with E-state index in [1.54, 1.807) is 6.08 Å². The van der Waals surface area contributed by atoms with E-state index in [2.05, 4.69) is 20.8 Å². The van der Waals surface area contributed by atoms with Crippen LogP contribution in [0.5, 0.6) is 0 Å². The molecule has 0 aliphatic carbocycles. The number of rotatable bonds is 4. The Morgan fingerprint density at radius 2 is 1.90 bits per heavy atom. The molecule has 1 atom stereocenters. The maximum Gasteiger partial charge on any atom is 0.142 e. The van der Waals surface area contributed by atoms with Crippen molar-refractivity contribution in [3.8, 4) is 0 Å². The van der Waals surface area contributed by atoms with Gasteiger partial charge in [-0.1, -0.05) is 26.8 Å². The maximum atomic E-state index is 9.91. The molecule has 0 fully saturated rings. The van der Waals surface area contributed by atoms with Crippen molar-refractivity contribution in [1.82, 2.24) is 0 Å². The zero-order chi connectivity index (χ0) is 7.98. The van der Waals surface area contributed by atoms with Gasteiger partial charge in [0.05, 0.1) is 0 Å². The zero-order valence-corrected chi connectivity index (χ0v) is 7.00. The first kappa shape index (κ1) is 9.41. The lowest BCUT2D eigenvalue weighted by atomic mass is 9.99. The Morgan fingerprint density at radius 1 is 1.30 bits per heavy atom. The Hall–Kier alpha value is -0.590. The fraction of sp³-hybridized carbons (Fsp3) is 0.667. The monoisotopic (exact) mass is 140 g/mol. The molecule has 1 unspecified atom stereocenters. The molecule has 0 spiro atoms. The van der Waals surface area contributed by atoms with Crippen LogP contribution in [0.15, 0.2) is 12.2 Å². The van der Waals surface area contributed by atoms with Crippen LogP contribution in [0.2, 0.25) is 0 Å². The number of hydrogen-bond donors (Lipinski definition) is 0. The largest absolute Gasteiger partial charge is 0.299 e. The molecule has 0 radical (unpaired) electrons. The molecular formula is C9H16O. The quantitative estimate of drug-likeness (QED) is 0.433. The third kappa shape index (κ3) is 5.54. The van der Waals surface area contributed by atoms with Crippen molar-refractivity contribution in [2.45, 2.75) is 27.2 Å². The SMILES string of the molecule is CC(C)CC(C)/C=C/C=O. The lowest BCUT2D eigenvalue weighted by molar-refractivity contribution is -0.104. The summed E-state index contributed by atoms with van der Waals surface area (Å²) in [5.41, 5.74) is 0. The summed E-state index contributed by atoms with van der Waals surface area (Å²) in [7, 11) is 0. The van der Waals surface area contributed by atoms with Crippen LogP contribution >= 0.6 is 0 Å². The van der Waals surface area contributed by atoms with Crippen LogP contribution in [0.4, 0.5) is 0 Å². The van der Waals surface area contributed by atoms with Crippen LogP contribution in [0.25, 0.3) is 0 Å². The summed E-state index contributed by atoms with van der Waals surface area (Å²) in [4.78, 5) is 9.91. The third-order valence-electron chi connectivity index (χ3n) is 1.36. The van der Waals surface area contributed by atoms with Crippen LogP contribution in [0.1, 0.15) is 27.2 Å². The molecule has 0 aliphatic heterocycles. The predicted octanol–water partition coefficient (Wildman–Crippen LogP) is 2.42.